The van der Waals surface area contributed by atoms with Crippen LogP contribution in [0.25, 0.3) is 5.69 Å². The Morgan fingerprint density at radius 2 is 1.68 bits per heavy atom. The molecule has 1 aromatic heterocycles. The highest BCUT2D eigenvalue weighted by molar-refractivity contribution is 7.90. The number of benzene rings is 2. The van der Waals surface area contributed by atoms with Crippen molar-refractivity contribution >= 4 is 39.1 Å². The molecule has 3 aromatic rings. The minimum Gasteiger partial charge on any atom is -0.322 e. The topological polar surface area (TPSA) is 92.6 Å². The van der Waals surface area contributed by atoms with Crippen LogP contribution in [0.4, 0.5) is 5.69 Å². The maximum absolute atomic E-state index is 13.0. The van der Waals surface area contributed by atoms with Gasteiger partial charge < -0.3 is 9.88 Å². The Morgan fingerprint density at radius 3 is 2.38 bits per heavy atom. The molecule has 178 valence electrons. The van der Waals surface area contributed by atoms with Crippen molar-refractivity contribution in [3.8, 4) is 5.69 Å². The van der Waals surface area contributed by atoms with Crippen LogP contribution < -0.4 is 10.0 Å². The minimum absolute atomic E-state index is 0.107. The van der Waals surface area contributed by atoms with E-state index < -0.39 is 10.0 Å². The number of aryl methyl sites for hydroxylation is 2. The molecular weight excluding hydrogens is 472 g/mol. The number of aliphatic imine (C=N–C) groups is 1. The van der Waals surface area contributed by atoms with Crippen LogP contribution in [0.5, 0.6) is 0 Å². The number of hydrogen-bond acceptors (Lipinski definition) is 4. The first-order valence-corrected chi connectivity index (χ1v) is 13.0. The van der Waals surface area contributed by atoms with Gasteiger partial charge in [-0.25, -0.2) is 8.42 Å². The number of rotatable bonds is 5. The largest absolute Gasteiger partial charge is 0.322 e. The Hall–Kier alpha value is -3.10. The highest BCUT2D eigenvalue weighted by Gasteiger charge is 2.18. The fourth-order valence-electron chi connectivity index (χ4n) is 3.99. The van der Waals surface area contributed by atoms with Crippen molar-refractivity contribution in [2.75, 3.05) is 11.9 Å². The zero-order valence-electron chi connectivity index (χ0n) is 19.1. The summed E-state index contributed by atoms with van der Waals surface area (Å²) in [5.41, 5.74) is 3.73. The smallest absolute Gasteiger partial charge is 0.262 e. The van der Waals surface area contributed by atoms with Crippen LogP contribution in [0.15, 0.2) is 64.5 Å². The lowest BCUT2D eigenvalue weighted by Gasteiger charge is -2.13. The summed E-state index contributed by atoms with van der Waals surface area (Å²) in [5, 5.41) is 3.13. The van der Waals surface area contributed by atoms with Crippen LogP contribution >= 0.6 is 11.6 Å². The number of hydrogen-bond donors (Lipinski definition) is 2. The molecule has 0 atom stereocenters. The van der Waals surface area contributed by atoms with Crippen LogP contribution in [0.1, 0.15) is 47.4 Å². The summed E-state index contributed by atoms with van der Waals surface area (Å²) >= 11 is 6.32. The number of carbonyl (C=O) groups excluding carboxylic acids is 1. The van der Waals surface area contributed by atoms with Gasteiger partial charge in [-0.2, -0.15) is 0 Å². The molecule has 0 radical (unpaired) electrons. The van der Waals surface area contributed by atoms with E-state index in [0.29, 0.717) is 35.1 Å². The number of anilines is 1. The molecule has 0 saturated carbocycles. The van der Waals surface area contributed by atoms with E-state index in [4.69, 9.17) is 11.6 Å². The fourth-order valence-corrected chi connectivity index (χ4v) is 5.28. The van der Waals surface area contributed by atoms with Crippen molar-refractivity contribution in [3.63, 3.8) is 0 Å². The second-order valence-electron chi connectivity index (χ2n) is 8.34. The number of amidine groups is 1. The van der Waals surface area contributed by atoms with Crippen molar-refractivity contribution in [1.29, 1.82) is 0 Å². The standard InChI is InChI=1S/C25H27ClN4O3S/c1-17-7-8-18(2)30(17)20-11-14-23(26)22(16-20)25(31)28-19-9-12-21(13-10-19)34(32,33)29-24-6-4-3-5-15-27-24/h7-14,16H,3-6,15H2,1-2H3,(H,27,29)(H,28,31). The Labute approximate surface area is 204 Å². The van der Waals surface area contributed by atoms with E-state index in [1.54, 1.807) is 24.3 Å². The maximum Gasteiger partial charge on any atom is 0.262 e. The lowest BCUT2D eigenvalue weighted by atomic mass is 10.1. The van der Waals surface area contributed by atoms with Gasteiger partial charge in [-0.3, -0.25) is 14.5 Å². The van der Waals surface area contributed by atoms with E-state index in [1.165, 1.54) is 12.1 Å². The molecule has 0 unspecified atom stereocenters. The van der Waals surface area contributed by atoms with E-state index in [1.807, 2.05) is 36.6 Å². The van der Waals surface area contributed by atoms with Crippen LogP contribution in [-0.4, -0.2) is 31.3 Å². The van der Waals surface area contributed by atoms with Crippen LogP contribution in [0.2, 0.25) is 5.02 Å². The number of amides is 1. The van der Waals surface area contributed by atoms with E-state index in [-0.39, 0.29) is 10.8 Å². The van der Waals surface area contributed by atoms with Crippen molar-refractivity contribution in [1.82, 2.24) is 9.29 Å². The van der Waals surface area contributed by atoms with Crippen LogP contribution in [0.3, 0.4) is 0 Å². The Kier molecular flexibility index (Phi) is 7.09. The maximum atomic E-state index is 13.0. The van der Waals surface area contributed by atoms with E-state index >= 15 is 0 Å². The number of nitrogens with one attached hydrogen (secondary N) is 2. The van der Waals surface area contributed by atoms with Crippen molar-refractivity contribution in [2.45, 2.75) is 44.4 Å². The number of sulfonamides is 1. The predicted molar refractivity (Wildman–Crippen MR) is 136 cm³/mol. The summed E-state index contributed by atoms with van der Waals surface area (Å²) in [6.07, 6.45) is 3.55. The molecule has 7 nitrogen and oxygen atoms in total. The van der Waals surface area contributed by atoms with Gasteiger partial charge in [0.1, 0.15) is 5.84 Å². The molecule has 0 saturated heterocycles. The molecular formula is C25H27ClN4O3S. The SMILES string of the molecule is Cc1ccc(C)n1-c1ccc(Cl)c(C(=O)Nc2ccc(S(=O)(=O)NC3=NCCCCC3)cc2)c1. The van der Waals surface area contributed by atoms with E-state index in [9.17, 15) is 13.2 Å². The number of aromatic nitrogens is 1. The first-order chi connectivity index (χ1) is 16.2. The summed E-state index contributed by atoms with van der Waals surface area (Å²) in [4.78, 5) is 17.4. The number of carbonyl (C=O) groups is 1. The van der Waals surface area contributed by atoms with Gasteiger partial charge in [0, 0.05) is 35.7 Å². The lowest BCUT2D eigenvalue weighted by molar-refractivity contribution is 0.102. The molecule has 1 amide bonds. The summed E-state index contributed by atoms with van der Waals surface area (Å²) in [6.45, 7) is 4.62. The van der Waals surface area contributed by atoms with Gasteiger partial charge in [0.15, 0.2) is 0 Å². The van der Waals surface area contributed by atoms with E-state index in [2.05, 4.69) is 15.0 Å². The van der Waals surface area contributed by atoms with Crippen LogP contribution in [0, 0.1) is 13.8 Å². The molecule has 2 aromatic carbocycles. The molecule has 0 spiro atoms. The van der Waals surface area contributed by atoms with Crippen molar-refractivity contribution in [3.05, 3.63) is 76.6 Å². The van der Waals surface area contributed by atoms with Gasteiger partial charge >= 0.3 is 0 Å². The highest BCUT2D eigenvalue weighted by atomic mass is 35.5. The second kappa shape index (κ2) is 10.0. The number of nitrogens with zero attached hydrogens (tertiary/aromatic N) is 2. The molecule has 1 aliphatic heterocycles. The number of halogens is 1. The summed E-state index contributed by atoms with van der Waals surface area (Å²) in [7, 11) is -3.74. The molecule has 1 aliphatic rings. The normalized spacial score (nSPS) is 14.3. The predicted octanol–water partition coefficient (Wildman–Crippen LogP) is 5.25. The minimum atomic E-state index is -3.74. The average molecular weight is 499 g/mol. The molecule has 9 heteroatoms. The highest BCUT2D eigenvalue weighted by Crippen LogP contribution is 2.24. The van der Waals surface area contributed by atoms with Gasteiger partial charge in [-0.05, 0) is 81.3 Å². The third-order valence-corrected chi connectivity index (χ3v) is 7.50. The first kappa shape index (κ1) is 24.0. The Morgan fingerprint density at radius 1 is 0.971 bits per heavy atom. The molecule has 0 fully saturated rings. The monoisotopic (exact) mass is 498 g/mol. The molecule has 0 aliphatic carbocycles. The summed E-state index contributed by atoms with van der Waals surface area (Å²) < 4.78 is 30.1. The molecule has 2 heterocycles. The molecule has 2 N–H and O–H groups in total. The zero-order valence-corrected chi connectivity index (χ0v) is 20.7. The molecule has 34 heavy (non-hydrogen) atoms. The first-order valence-electron chi connectivity index (χ1n) is 11.2. The van der Waals surface area contributed by atoms with Crippen molar-refractivity contribution in [2.24, 2.45) is 4.99 Å². The summed E-state index contributed by atoms with van der Waals surface area (Å²) in [5.74, 6) is 0.119. The molecule has 4 rings (SSSR count). The van der Waals surface area contributed by atoms with Gasteiger partial charge in [0.2, 0.25) is 0 Å². The average Bonchev–Trinajstić information content (AvgIpc) is 2.98. The van der Waals surface area contributed by atoms with Gasteiger partial charge in [-0.1, -0.05) is 18.0 Å². The zero-order chi connectivity index (χ0) is 24.3. The lowest BCUT2D eigenvalue weighted by Crippen LogP contribution is -2.30. The third kappa shape index (κ3) is 5.34. The Balaban J connectivity index is 1.50. The summed E-state index contributed by atoms with van der Waals surface area (Å²) in [6, 6.07) is 15.4. The van der Waals surface area contributed by atoms with Gasteiger partial charge in [-0.15, -0.1) is 0 Å². The second-order valence-corrected chi connectivity index (χ2v) is 10.4. The fraction of sp³-hybridized carbons (Fsp3) is 0.280. The Bertz CT molecular complexity index is 1330. The van der Waals surface area contributed by atoms with Crippen molar-refractivity contribution < 1.29 is 13.2 Å². The molecule has 0 bridgehead atoms. The van der Waals surface area contributed by atoms with Crippen LogP contribution in [-0.2, 0) is 10.0 Å². The van der Waals surface area contributed by atoms with Gasteiger partial charge in [0.25, 0.3) is 15.9 Å². The third-order valence-electron chi connectivity index (χ3n) is 5.77. The quantitative estimate of drug-likeness (QED) is 0.503. The van der Waals surface area contributed by atoms with Gasteiger partial charge in [0.05, 0.1) is 15.5 Å². The van der Waals surface area contributed by atoms with E-state index in [0.717, 1.165) is 36.3 Å².